The van der Waals surface area contributed by atoms with Crippen molar-refractivity contribution in [1.29, 1.82) is 0 Å². The van der Waals surface area contributed by atoms with E-state index in [4.69, 9.17) is 18.5 Å². The Morgan fingerprint density at radius 3 is 1.65 bits per heavy atom. The number of hydrogen-bond acceptors (Lipinski definition) is 9. The Labute approximate surface area is 215 Å². The number of aryl methyl sites for hydroxylation is 1. The van der Waals surface area contributed by atoms with Crippen molar-refractivity contribution in [1.82, 2.24) is 4.72 Å². The van der Waals surface area contributed by atoms with Crippen LogP contribution in [-0.4, -0.2) is 46.3 Å². The number of methoxy groups -OCH3 is 2. The van der Waals surface area contributed by atoms with Gasteiger partial charge in [0.1, 0.15) is 17.5 Å². The molecule has 0 spiro atoms. The van der Waals surface area contributed by atoms with Gasteiger partial charge in [-0.15, -0.1) is 0 Å². The second-order valence-corrected chi connectivity index (χ2v) is 11.5. The quantitative estimate of drug-likeness (QED) is 0.282. The first-order valence-corrected chi connectivity index (χ1v) is 14.0. The molecule has 3 aromatic carbocycles. The number of esters is 2. The van der Waals surface area contributed by atoms with E-state index < -0.39 is 41.3 Å². The number of ether oxygens (including phenoxy) is 2. The summed E-state index contributed by atoms with van der Waals surface area (Å²) in [5.74, 6) is -2.35. The molecule has 3 aromatic rings. The van der Waals surface area contributed by atoms with E-state index in [1.54, 1.807) is 55.5 Å². The zero-order valence-corrected chi connectivity index (χ0v) is 22.0. The molecule has 2 atom stereocenters. The standard InChI is InChI=1S/C25H26NO9PS/c1-18-14-16-21(17-15-18)37(30,31)26-22(24(27)32-2)23(25(28)33-3)36(29,34-19-10-6-4-7-11-19)35-20-12-8-5-9-13-20/h4-17,22-23,26H,1-3H3. The number of carbonyl (C=O) groups excluding carboxylic acids is 2. The van der Waals surface area contributed by atoms with Gasteiger partial charge in [0.15, 0.2) is 0 Å². The fourth-order valence-electron chi connectivity index (χ4n) is 3.28. The van der Waals surface area contributed by atoms with Crippen molar-refractivity contribution in [3.05, 3.63) is 90.5 Å². The van der Waals surface area contributed by atoms with Gasteiger partial charge < -0.3 is 18.5 Å². The van der Waals surface area contributed by atoms with Gasteiger partial charge in [-0.1, -0.05) is 54.1 Å². The molecule has 196 valence electrons. The Morgan fingerprint density at radius 1 is 0.757 bits per heavy atom. The fourth-order valence-corrected chi connectivity index (χ4v) is 6.60. The zero-order valence-electron chi connectivity index (χ0n) is 20.3. The lowest BCUT2D eigenvalue weighted by atomic mass is 10.2. The second-order valence-electron chi connectivity index (χ2n) is 7.75. The Bertz CT molecular complexity index is 1320. The van der Waals surface area contributed by atoms with Crippen molar-refractivity contribution in [2.75, 3.05) is 14.2 Å². The number of sulfonamides is 1. The van der Waals surface area contributed by atoms with Gasteiger partial charge in [-0.25, -0.2) is 13.0 Å². The van der Waals surface area contributed by atoms with E-state index >= 15 is 0 Å². The van der Waals surface area contributed by atoms with Gasteiger partial charge in [-0.3, -0.25) is 9.59 Å². The molecule has 12 heteroatoms. The maximum absolute atomic E-state index is 14.4. The lowest BCUT2D eigenvalue weighted by Crippen LogP contribution is -2.53. The molecule has 37 heavy (non-hydrogen) atoms. The number of carbonyl (C=O) groups is 2. The van der Waals surface area contributed by atoms with Crippen LogP contribution < -0.4 is 13.8 Å². The highest BCUT2D eigenvalue weighted by Crippen LogP contribution is 2.54. The molecular weight excluding hydrogens is 521 g/mol. The molecule has 0 aliphatic heterocycles. The molecule has 0 saturated carbocycles. The normalized spacial score (nSPS) is 13.2. The predicted octanol–water partition coefficient (Wildman–Crippen LogP) is 3.71. The van der Waals surface area contributed by atoms with Crippen molar-refractivity contribution in [2.45, 2.75) is 23.5 Å². The minimum absolute atomic E-state index is 0.0423. The van der Waals surface area contributed by atoms with E-state index in [-0.39, 0.29) is 16.4 Å². The van der Waals surface area contributed by atoms with Crippen LogP contribution in [0.4, 0.5) is 0 Å². The molecule has 0 aliphatic carbocycles. The Balaban J connectivity index is 2.14. The molecule has 0 saturated heterocycles. The Morgan fingerprint density at radius 2 is 1.22 bits per heavy atom. The fraction of sp³-hybridized carbons (Fsp3) is 0.200. The van der Waals surface area contributed by atoms with Gasteiger partial charge in [0, 0.05) is 0 Å². The minimum atomic E-state index is -4.76. The van der Waals surface area contributed by atoms with Crippen LogP contribution in [0.5, 0.6) is 11.5 Å². The second kappa shape index (κ2) is 12.1. The number of benzene rings is 3. The van der Waals surface area contributed by atoms with E-state index in [0.717, 1.165) is 19.8 Å². The van der Waals surface area contributed by atoms with Crippen molar-refractivity contribution in [3.8, 4) is 11.5 Å². The third-order valence-corrected chi connectivity index (χ3v) is 8.70. The van der Waals surface area contributed by atoms with Gasteiger partial charge in [-0.2, -0.15) is 4.72 Å². The molecule has 0 radical (unpaired) electrons. The molecule has 3 rings (SSSR count). The van der Waals surface area contributed by atoms with Crippen LogP contribution in [0, 0.1) is 6.92 Å². The summed E-state index contributed by atoms with van der Waals surface area (Å²) in [4.78, 5) is 25.8. The highest BCUT2D eigenvalue weighted by molar-refractivity contribution is 7.89. The SMILES string of the molecule is COC(=O)C(NS(=O)(=O)c1ccc(C)cc1)C(C(=O)OC)P(=O)(Oc1ccccc1)Oc1ccccc1. The van der Waals surface area contributed by atoms with E-state index in [1.165, 1.54) is 36.4 Å². The molecule has 1 N–H and O–H groups in total. The smallest absolute Gasteiger partial charge is 0.447 e. The van der Waals surface area contributed by atoms with E-state index in [2.05, 4.69) is 4.72 Å². The maximum atomic E-state index is 14.4. The van der Waals surface area contributed by atoms with Gasteiger partial charge in [0.05, 0.1) is 19.1 Å². The monoisotopic (exact) mass is 547 g/mol. The summed E-state index contributed by atoms with van der Waals surface area (Å²) in [7, 11) is -7.19. The topological polar surface area (TPSA) is 134 Å². The highest BCUT2D eigenvalue weighted by Gasteiger charge is 2.54. The average molecular weight is 548 g/mol. The summed E-state index contributed by atoms with van der Waals surface area (Å²) in [6.45, 7) is 1.77. The molecule has 0 amide bonds. The molecule has 0 fully saturated rings. The van der Waals surface area contributed by atoms with Gasteiger partial charge in [0.25, 0.3) is 0 Å². The minimum Gasteiger partial charge on any atom is -0.468 e. The Kier molecular flexibility index (Phi) is 9.09. The lowest BCUT2D eigenvalue weighted by molar-refractivity contribution is -0.149. The highest BCUT2D eigenvalue weighted by atomic mass is 32.2. The van der Waals surface area contributed by atoms with Gasteiger partial charge >= 0.3 is 19.5 Å². The molecule has 10 nitrogen and oxygen atoms in total. The summed E-state index contributed by atoms with van der Waals surface area (Å²) >= 11 is 0. The summed E-state index contributed by atoms with van der Waals surface area (Å²) in [5, 5.41) is 0. The number of hydrogen-bond donors (Lipinski definition) is 1. The van der Waals surface area contributed by atoms with E-state index in [9.17, 15) is 22.6 Å². The number of nitrogens with one attached hydrogen (secondary N) is 1. The molecular formula is C25H26NO9PS. The van der Waals surface area contributed by atoms with E-state index in [1.807, 2.05) is 0 Å². The first-order chi connectivity index (χ1) is 17.6. The van der Waals surface area contributed by atoms with Crippen LogP contribution in [0.3, 0.4) is 0 Å². The van der Waals surface area contributed by atoms with Crippen LogP contribution in [-0.2, 0) is 33.7 Å². The van der Waals surface area contributed by atoms with Crippen molar-refractivity contribution in [2.24, 2.45) is 0 Å². The predicted molar refractivity (Wildman–Crippen MR) is 135 cm³/mol. The van der Waals surface area contributed by atoms with Crippen LogP contribution >= 0.6 is 7.60 Å². The van der Waals surface area contributed by atoms with Crippen LogP contribution in [0.15, 0.2) is 89.8 Å². The molecule has 0 bridgehead atoms. The first-order valence-electron chi connectivity index (χ1n) is 10.9. The lowest BCUT2D eigenvalue weighted by Gasteiger charge is -2.30. The molecule has 0 aromatic heterocycles. The summed E-state index contributed by atoms with van der Waals surface area (Å²) in [6.07, 6.45) is 0. The van der Waals surface area contributed by atoms with Crippen molar-refractivity contribution in [3.63, 3.8) is 0 Å². The third-order valence-electron chi connectivity index (χ3n) is 5.12. The summed E-state index contributed by atoms with van der Waals surface area (Å²) in [6, 6.07) is 19.3. The molecule has 0 aliphatic rings. The first kappa shape index (κ1) is 27.9. The average Bonchev–Trinajstić information content (AvgIpc) is 2.88. The maximum Gasteiger partial charge on any atom is 0.447 e. The zero-order chi connectivity index (χ0) is 27.1. The Hall–Kier alpha value is -3.66. The molecule has 0 heterocycles. The molecule has 2 unspecified atom stereocenters. The summed E-state index contributed by atoms with van der Waals surface area (Å²) < 4.78 is 63.9. The van der Waals surface area contributed by atoms with Crippen LogP contribution in [0.25, 0.3) is 0 Å². The van der Waals surface area contributed by atoms with Gasteiger partial charge in [0.2, 0.25) is 15.7 Å². The van der Waals surface area contributed by atoms with Crippen molar-refractivity contribution >= 4 is 29.6 Å². The number of rotatable bonds is 11. The largest absolute Gasteiger partial charge is 0.468 e. The summed E-state index contributed by atoms with van der Waals surface area (Å²) in [5.41, 5.74) is -1.29. The van der Waals surface area contributed by atoms with Crippen LogP contribution in [0.2, 0.25) is 0 Å². The number of para-hydroxylation sites is 2. The van der Waals surface area contributed by atoms with Crippen LogP contribution in [0.1, 0.15) is 5.56 Å². The third kappa shape index (κ3) is 6.97. The van der Waals surface area contributed by atoms with E-state index in [0.29, 0.717) is 0 Å². The van der Waals surface area contributed by atoms with Gasteiger partial charge in [-0.05, 0) is 43.3 Å². The van der Waals surface area contributed by atoms with Crippen molar-refractivity contribution < 1.29 is 41.1 Å².